The summed E-state index contributed by atoms with van der Waals surface area (Å²) in [4.78, 5) is 0. The number of halogens is 4. The minimum absolute atomic E-state index is 0.0107. The SMILES string of the molecule is Nc1ccc(OCCOCC(F)(F)C(F)F)cc1. The van der Waals surface area contributed by atoms with E-state index in [1.54, 1.807) is 24.3 Å². The first-order valence-electron chi connectivity index (χ1n) is 5.14. The highest BCUT2D eigenvalue weighted by molar-refractivity contribution is 5.41. The number of alkyl halides is 4. The van der Waals surface area contributed by atoms with Gasteiger partial charge >= 0.3 is 12.3 Å². The highest BCUT2D eigenvalue weighted by Crippen LogP contribution is 2.22. The molecule has 0 unspecified atom stereocenters. The summed E-state index contributed by atoms with van der Waals surface area (Å²) in [7, 11) is 0. The minimum Gasteiger partial charge on any atom is -0.491 e. The van der Waals surface area contributed by atoms with Crippen LogP contribution in [0.25, 0.3) is 0 Å². The van der Waals surface area contributed by atoms with Crippen molar-refractivity contribution in [2.75, 3.05) is 25.6 Å². The van der Waals surface area contributed by atoms with Gasteiger partial charge in [0.15, 0.2) is 0 Å². The largest absolute Gasteiger partial charge is 0.491 e. The molecule has 0 amide bonds. The first-order chi connectivity index (χ1) is 8.42. The molecule has 18 heavy (non-hydrogen) atoms. The van der Waals surface area contributed by atoms with Crippen LogP contribution in [0, 0.1) is 0 Å². The van der Waals surface area contributed by atoms with Gasteiger partial charge in [0.1, 0.15) is 19.0 Å². The Hall–Kier alpha value is -1.50. The Morgan fingerprint density at radius 3 is 2.28 bits per heavy atom. The van der Waals surface area contributed by atoms with Crippen LogP contribution in [0.3, 0.4) is 0 Å². The lowest BCUT2D eigenvalue weighted by molar-refractivity contribution is -0.166. The predicted octanol–water partition coefficient (Wildman–Crippen LogP) is 2.56. The van der Waals surface area contributed by atoms with Gasteiger partial charge in [-0.05, 0) is 24.3 Å². The van der Waals surface area contributed by atoms with Gasteiger partial charge in [0.05, 0.1) is 6.61 Å². The number of anilines is 1. The Balaban J connectivity index is 2.18. The highest BCUT2D eigenvalue weighted by Gasteiger charge is 2.40. The molecule has 1 aromatic carbocycles. The number of hydrogen-bond acceptors (Lipinski definition) is 3. The van der Waals surface area contributed by atoms with Gasteiger partial charge in [0.2, 0.25) is 0 Å². The molecule has 3 nitrogen and oxygen atoms in total. The van der Waals surface area contributed by atoms with Gasteiger partial charge in [-0.1, -0.05) is 0 Å². The Labute approximate surface area is 101 Å². The maximum Gasteiger partial charge on any atom is 0.330 e. The molecule has 0 aromatic heterocycles. The molecule has 0 aliphatic carbocycles. The third-order valence-corrected chi connectivity index (χ3v) is 1.99. The second kappa shape index (κ2) is 6.44. The fourth-order valence-corrected chi connectivity index (χ4v) is 1.05. The zero-order valence-electron chi connectivity index (χ0n) is 9.41. The van der Waals surface area contributed by atoms with Crippen molar-refractivity contribution in [1.82, 2.24) is 0 Å². The Bertz CT molecular complexity index is 357. The number of benzene rings is 1. The van der Waals surface area contributed by atoms with Gasteiger partial charge in [-0.2, -0.15) is 8.78 Å². The smallest absolute Gasteiger partial charge is 0.330 e. The highest BCUT2D eigenvalue weighted by atomic mass is 19.3. The fourth-order valence-electron chi connectivity index (χ4n) is 1.05. The lowest BCUT2D eigenvalue weighted by Crippen LogP contribution is -2.33. The maximum absolute atomic E-state index is 12.4. The number of nitrogen functional groups attached to an aromatic ring is 1. The van der Waals surface area contributed by atoms with Crippen molar-refractivity contribution in [3.63, 3.8) is 0 Å². The van der Waals surface area contributed by atoms with E-state index in [0.29, 0.717) is 11.4 Å². The fraction of sp³-hybridized carbons (Fsp3) is 0.455. The third kappa shape index (κ3) is 4.79. The second-order valence-electron chi connectivity index (χ2n) is 3.53. The molecule has 0 radical (unpaired) electrons. The monoisotopic (exact) mass is 267 g/mol. The lowest BCUT2D eigenvalue weighted by Gasteiger charge is -2.15. The van der Waals surface area contributed by atoms with Gasteiger partial charge in [0, 0.05) is 5.69 Å². The van der Waals surface area contributed by atoms with Gasteiger partial charge < -0.3 is 15.2 Å². The van der Waals surface area contributed by atoms with E-state index in [1.807, 2.05) is 0 Å². The van der Waals surface area contributed by atoms with Crippen LogP contribution in [-0.2, 0) is 4.74 Å². The summed E-state index contributed by atoms with van der Waals surface area (Å²) >= 11 is 0. The Morgan fingerprint density at radius 2 is 1.72 bits per heavy atom. The van der Waals surface area contributed by atoms with E-state index in [-0.39, 0.29) is 13.2 Å². The van der Waals surface area contributed by atoms with Crippen LogP contribution in [0.5, 0.6) is 5.75 Å². The summed E-state index contributed by atoms with van der Waals surface area (Å²) in [6.07, 6.45) is -3.73. The van der Waals surface area contributed by atoms with Crippen molar-refractivity contribution in [3.05, 3.63) is 24.3 Å². The molecule has 2 N–H and O–H groups in total. The van der Waals surface area contributed by atoms with Crippen molar-refractivity contribution < 1.29 is 27.0 Å². The first kappa shape index (κ1) is 14.6. The van der Waals surface area contributed by atoms with Crippen molar-refractivity contribution in [3.8, 4) is 5.75 Å². The molecular formula is C11H13F4NO2. The molecular weight excluding hydrogens is 254 g/mol. The summed E-state index contributed by atoms with van der Waals surface area (Å²) in [6, 6.07) is 6.43. The van der Waals surface area contributed by atoms with Gasteiger partial charge in [0.25, 0.3) is 0 Å². The second-order valence-corrected chi connectivity index (χ2v) is 3.53. The minimum atomic E-state index is -4.12. The molecule has 0 spiro atoms. The molecule has 0 fully saturated rings. The molecule has 0 saturated heterocycles. The normalized spacial score (nSPS) is 11.8. The molecule has 0 aliphatic heterocycles. The van der Waals surface area contributed by atoms with Crippen molar-refractivity contribution >= 4 is 5.69 Å². The van der Waals surface area contributed by atoms with Crippen LogP contribution in [-0.4, -0.2) is 32.2 Å². The maximum atomic E-state index is 12.4. The van der Waals surface area contributed by atoms with Crippen LogP contribution in [0.15, 0.2) is 24.3 Å². The van der Waals surface area contributed by atoms with E-state index >= 15 is 0 Å². The number of ether oxygens (including phenoxy) is 2. The lowest BCUT2D eigenvalue weighted by atomic mass is 10.3. The molecule has 102 valence electrons. The van der Waals surface area contributed by atoms with Gasteiger partial charge in [-0.25, -0.2) is 8.78 Å². The third-order valence-electron chi connectivity index (χ3n) is 1.99. The van der Waals surface area contributed by atoms with E-state index in [1.165, 1.54) is 0 Å². The Kier molecular flexibility index (Phi) is 5.21. The van der Waals surface area contributed by atoms with Gasteiger partial charge in [-0.3, -0.25) is 0 Å². The van der Waals surface area contributed by atoms with Crippen LogP contribution in [0.2, 0.25) is 0 Å². The zero-order valence-corrected chi connectivity index (χ0v) is 9.41. The van der Waals surface area contributed by atoms with Crippen LogP contribution >= 0.6 is 0 Å². The number of nitrogens with two attached hydrogens (primary N) is 1. The summed E-state index contributed by atoms with van der Waals surface area (Å²) in [5.74, 6) is -3.63. The molecule has 0 saturated carbocycles. The van der Waals surface area contributed by atoms with Gasteiger partial charge in [-0.15, -0.1) is 0 Å². The first-order valence-corrected chi connectivity index (χ1v) is 5.14. The van der Waals surface area contributed by atoms with Crippen LogP contribution < -0.4 is 10.5 Å². The molecule has 0 atom stereocenters. The zero-order chi connectivity index (χ0) is 13.6. The van der Waals surface area contributed by atoms with Crippen molar-refractivity contribution in [2.24, 2.45) is 0 Å². The Morgan fingerprint density at radius 1 is 1.11 bits per heavy atom. The molecule has 1 aromatic rings. The average molecular weight is 267 g/mol. The number of rotatable bonds is 7. The molecule has 0 bridgehead atoms. The summed E-state index contributed by atoms with van der Waals surface area (Å²) in [6.45, 7) is -1.54. The molecule has 1 rings (SSSR count). The van der Waals surface area contributed by atoms with E-state index < -0.39 is 19.0 Å². The van der Waals surface area contributed by atoms with E-state index in [0.717, 1.165) is 0 Å². The molecule has 0 aliphatic rings. The van der Waals surface area contributed by atoms with Crippen molar-refractivity contribution in [1.29, 1.82) is 0 Å². The standard InChI is InChI=1S/C11H13F4NO2/c12-10(13)11(14,15)7-17-5-6-18-9-3-1-8(16)2-4-9/h1-4,10H,5-7,16H2. The summed E-state index contributed by atoms with van der Waals surface area (Å²) in [5.41, 5.74) is 6.01. The van der Waals surface area contributed by atoms with E-state index in [2.05, 4.69) is 4.74 Å². The van der Waals surface area contributed by atoms with E-state index in [9.17, 15) is 17.6 Å². The predicted molar refractivity (Wildman–Crippen MR) is 58.1 cm³/mol. The summed E-state index contributed by atoms with van der Waals surface area (Å²) < 4.78 is 57.9. The average Bonchev–Trinajstić information content (AvgIpc) is 2.31. The van der Waals surface area contributed by atoms with Crippen LogP contribution in [0.1, 0.15) is 0 Å². The molecule has 0 heterocycles. The number of hydrogen-bond donors (Lipinski definition) is 1. The van der Waals surface area contributed by atoms with E-state index in [4.69, 9.17) is 10.5 Å². The molecule has 7 heteroatoms. The van der Waals surface area contributed by atoms with Crippen LogP contribution in [0.4, 0.5) is 23.2 Å². The summed E-state index contributed by atoms with van der Waals surface area (Å²) in [5, 5.41) is 0. The topological polar surface area (TPSA) is 44.5 Å². The quantitative estimate of drug-likeness (QED) is 0.469. The van der Waals surface area contributed by atoms with Crippen molar-refractivity contribution in [2.45, 2.75) is 12.3 Å².